The van der Waals surface area contributed by atoms with Crippen molar-refractivity contribution in [3.05, 3.63) is 52.6 Å². The zero-order valence-electron chi connectivity index (χ0n) is 16.0. The Bertz CT molecular complexity index is 911. The molecule has 27 heavy (non-hydrogen) atoms. The van der Waals surface area contributed by atoms with Gasteiger partial charge < -0.3 is 24.1 Å². The van der Waals surface area contributed by atoms with Crippen LogP contribution in [0.25, 0.3) is 0 Å². The van der Waals surface area contributed by atoms with E-state index in [0.717, 1.165) is 34.6 Å². The Hall–Kier alpha value is -2.82. The number of aromatic hydroxyl groups is 1. The maximum atomic E-state index is 10.1. The highest BCUT2D eigenvalue weighted by molar-refractivity contribution is 5.59. The smallest absolute Gasteiger partial charge is 0.161 e. The van der Waals surface area contributed by atoms with E-state index in [2.05, 4.69) is 19.9 Å². The van der Waals surface area contributed by atoms with Crippen molar-refractivity contribution in [3.63, 3.8) is 0 Å². The standard InChI is InChI=1S/C22H24O5/c1-12(2)5-6-13-18(24-3)8-7-14-21(13)26-11-16-15-9-20(25-4)17(23)10-19(15)27-22(14)16/h5,7-10,16,22-23H,6,11H2,1-4H3/t16-,22-/m0/s1. The third kappa shape index (κ3) is 2.87. The highest BCUT2D eigenvalue weighted by Crippen LogP contribution is 2.54. The predicted molar refractivity (Wildman–Crippen MR) is 102 cm³/mol. The second-order valence-corrected chi connectivity index (χ2v) is 7.17. The summed E-state index contributed by atoms with van der Waals surface area (Å²) in [5.74, 6) is 2.93. The first kappa shape index (κ1) is 17.6. The molecule has 2 atom stereocenters. The van der Waals surface area contributed by atoms with E-state index < -0.39 is 0 Å². The summed E-state index contributed by atoms with van der Waals surface area (Å²) in [6.07, 6.45) is 2.76. The quantitative estimate of drug-likeness (QED) is 0.804. The van der Waals surface area contributed by atoms with E-state index in [-0.39, 0.29) is 17.8 Å². The van der Waals surface area contributed by atoms with Crippen LogP contribution in [-0.2, 0) is 6.42 Å². The number of fused-ring (bicyclic) bond motifs is 5. The van der Waals surface area contributed by atoms with Crippen LogP contribution < -0.4 is 18.9 Å². The van der Waals surface area contributed by atoms with Gasteiger partial charge in [-0.2, -0.15) is 0 Å². The van der Waals surface area contributed by atoms with Crippen LogP contribution >= 0.6 is 0 Å². The van der Waals surface area contributed by atoms with Crippen molar-refractivity contribution in [1.82, 2.24) is 0 Å². The molecule has 0 spiro atoms. The Morgan fingerprint density at radius 2 is 1.93 bits per heavy atom. The predicted octanol–water partition coefficient (Wildman–Crippen LogP) is 4.53. The van der Waals surface area contributed by atoms with E-state index in [4.69, 9.17) is 18.9 Å². The molecule has 0 amide bonds. The number of ether oxygens (including phenoxy) is 4. The van der Waals surface area contributed by atoms with Crippen LogP contribution in [0.2, 0.25) is 0 Å². The average Bonchev–Trinajstić information content (AvgIpc) is 3.02. The molecule has 2 aromatic rings. The van der Waals surface area contributed by atoms with Gasteiger partial charge in [-0.25, -0.2) is 0 Å². The van der Waals surface area contributed by atoms with Crippen molar-refractivity contribution in [1.29, 1.82) is 0 Å². The summed E-state index contributed by atoms with van der Waals surface area (Å²) in [5, 5.41) is 10.1. The fraction of sp³-hybridized carbons (Fsp3) is 0.364. The minimum absolute atomic E-state index is 0.0618. The summed E-state index contributed by atoms with van der Waals surface area (Å²) in [7, 11) is 3.22. The Balaban J connectivity index is 1.77. The molecular weight excluding hydrogens is 344 g/mol. The monoisotopic (exact) mass is 368 g/mol. The van der Waals surface area contributed by atoms with Crippen LogP contribution in [0.3, 0.4) is 0 Å². The van der Waals surface area contributed by atoms with Crippen LogP contribution in [0.4, 0.5) is 0 Å². The molecule has 0 bridgehead atoms. The minimum atomic E-state index is -0.147. The van der Waals surface area contributed by atoms with Crippen molar-refractivity contribution >= 4 is 0 Å². The van der Waals surface area contributed by atoms with E-state index in [1.165, 1.54) is 5.57 Å². The minimum Gasteiger partial charge on any atom is -0.504 e. The lowest BCUT2D eigenvalue weighted by atomic mass is 9.87. The lowest BCUT2D eigenvalue weighted by molar-refractivity contribution is 0.138. The van der Waals surface area contributed by atoms with Crippen LogP contribution in [0.1, 0.15) is 42.6 Å². The number of hydrogen-bond donors (Lipinski definition) is 1. The molecule has 142 valence electrons. The van der Waals surface area contributed by atoms with E-state index in [0.29, 0.717) is 18.1 Å². The maximum Gasteiger partial charge on any atom is 0.161 e. The van der Waals surface area contributed by atoms with Gasteiger partial charge in [0.15, 0.2) is 11.5 Å². The second-order valence-electron chi connectivity index (χ2n) is 7.17. The molecule has 0 saturated heterocycles. The normalized spacial score (nSPS) is 19.1. The molecule has 2 heterocycles. The highest BCUT2D eigenvalue weighted by Gasteiger charge is 2.42. The fourth-order valence-corrected chi connectivity index (χ4v) is 3.85. The molecular formula is C22H24O5. The summed E-state index contributed by atoms with van der Waals surface area (Å²) in [5.41, 5.74) is 4.30. The molecule has 0 saturated carbocycles. The van der Waals surface area contributed by atoms with Gasteiger partial charge in [-0.1, -0.05) is 11.6 Å². The lowest BCUT2D eigenvalue weighted by Crippen LogP contribution is -2.24. The van der Waals surface area contributed by atoms with Gasteiger partial charge in [0.1, 0.15) is 23.4 Å². The van der Waals surface area contributed by atoms with Gasteiger partial charge in [0, 0.05) is 22.8 Å². The van der Waals surface area contributed by atoms with Crippen molar-refractivity contribution < 1.29 is 24.1 Å². The lowest BCUT2D eigenvalue weighted by Gasteiger charge is -2.30. The molecule has 1 N–H and O–H groups in total. The zero-order valence-corrected chi connectivity index (χ0v) is 16.0. The molecule has 4 rings (SSSR count). The number of rotatable bonds is 4. The van der Waals surface area contributed by atoms with E-state index in [9.17, 15) is 5.11 Å². The second kappa shape index (κ2) is 6.72. The first-order valence-electron chi connectivity index (χ1n) is 9.07. The van der Waals surface area contributed by atoms with Gasteiger partial charge >= 0.3 is 0 Å². The Morgan fingerprint density at radius 1 is 1.15 bits per heavy atom. The number of methoxy groups -OCH3 is 2. The molecule has 2 aromatic carbocycles. The van der Waals surface area contributed by atoms with Crippen LogP contribution in [0.15, 0.2) is 35.9 Å². The molecule has 2 aliphatic heterocycles. The first-order valence-corrected chi connectivity index (χ1v) is 9.07. The topological polar surface area (TPSA) is 57.2 Å². The highest BCUT2D eigenvalue weighted by atomic mass is 16.5. The first-order chi connectivity index (χ1) is 13.0. The summed E-state index contributed by atoms with van der Waals surface area (Å²) >= 11 is 0. The molecule has 0 fully saturated rings. The third-order valence-corrected chi connectivity index (χ3v) is 5.23. The summed E-state index contributed by atoms with van der Waals surface area (Å²) in [4.78, 5) is 0. The van der Waals surface area contributed by atoms with E-state index in [1.54, 1.807) is 20.3 Å². The van der Waals surface area contributed by atoms with Crippen molar-refractivity contribution in [2.45, 2.75) is 32.3 Å². The number of phenolic OH excluding ortho intramolecular Hbond substituents is 1. The van der Waals surface area contributed by atoms with Gasteiger partial charge in [0.2, 0.25) is 0 Å². The Morgan fingerprint density at radius 3 is 2.63 bits per heavy atom. The van der Waals surface area contributed by atoms with Gasteiger partial charge in [-0.3, -0.25) is 0 Å². The third-order valence-electron chi connectivity index (χ3n) is 5.23. The van der Waals surface area contributed by atoms with Gasteiger partial charge in [0.05, 0.1) is 26.7 Å². The number of allylic oxidation sites excluding steroid dienone is 2. The van der Waals surface area contributed by atoms with Crippen LogP contribution in [-0.4, -0.2) is 25.9 Å². The molecule has 0 unspecified atom stereocenters. The summed E-state index contributed by atoms with van der Waals surface area (Å²) in [6, 6.07) is 7.46. The van der Waals surface area contributed by atoms with E-state index in [1.807, 2.05) is 18.2 Å². The fourth-order valence-electron chi connectivity index (χ4n) is 3.85. The SMILES string of the molecule is COc1cc2c(cc1O)O[C@H]1c3ccc(OC)c(CC=C(C)C)c3OC[C@@H]21. The zero-order chi connectivity index (χ0) is 19.1. The number of benzene rings is 2. The average molecular weight is 368 g/mol. The molecule has 0 aromatic heterocycles. The van der Waals surface area contributed by atoms with E-state index >= 15 is 0 Å². The molecule has 2 aliphatic rings. The molecule has 0 radical (unpaired) electrons. The van der Waals surface area contributed by atoms with Gasteiger partial charge in [-0.15, -0.1) is 0 Å². The number of hydrogen-bond acceptors (Lipinski definition) is 5. The summed E-state index contributed by atoms with van der Waals surface area (Å²) in [6.45, 7) is 4.66. The molecule has 5 nitrogen and oxygen atoms in total. The van der Waals surface area contributed by atoms with Crippen LogP contribution in [0, 0.1) is 0 Å². The van der Waals surface area contributed by atoms with Gasteiger partial charge in [0.25, 0.3) is 0 Å². The molecule has 0 aliphatic carbocycles. The number of phenols is 1. The van der Waals surface area contributed by atoms with Gasteiger partial charge in [-0.05, 0) is 38.5 Å². The van der Waals surface area contributed by atoms with Crippen molar-refractivity contribution in [2.24, 2.45) is 0 Å². The molecule has 5 heteroatoms. The van der Waals surface area contributed by atoms with Crippen molar-refractivity contribution in [3.8, 4) is 28.7 Å². The largest absolute Gasteiger partial charge is 0.504 e. The Kier molecular flexibility index (Phi) is 4.38. The van der Waals surface area contributed by atoms with Crippen molar-refractivity contribution in [2.75, 3.05) is 20.8 Å². The maximum absolute atomic E-state index is 10.1. The Labute approximate surface area is 159 Å². The summed E-state index contributed by atoms with van der Waals surface area (Å²) < 4.78 is 23.2. The van der Waals surface area contributed by atoms with Crippen LogP contribution in [0.5, 0.6) is 28.7 Å².